The number of aliphatic hydroxyl groups excluding tert-OH is 1. The molecule has 1 saturated carbocycles. The molecular weight excluding hydrogens is 701 g/mol. The van der Waals surface area contributed by atoms with Gasteiger partial charge in [-0.25, -0.2) is 0 Å². The summed E-state index contributed by atoms with van der Waals surface area (Å²) in [5.74, 6) is 6.38. The summed E-state index contributed by atoms with van der Waals surface area (Å²) in [6.45, 7) is 43.8. The zero-order valence-electron chi connectivity index (χ0n) is 40.2. The summed E-state index contributed by atoms with van der Waals surface area (Å²) in [4.78, 5) is 0. The van der Waals surface area contributed by atoms with Crippen molar-refractivity contribution in [3.63, 3.8) is 0 Å². The first-order chi connectivity index (χ1) is 27.4. The maximum atomic E-state index is 11.3. The Bertz CT molecular complexity index is 1440. The lowest BCUT2D eigenvalue weighted by molar-refractivity contribution is 0.0660. The van der Waals surface area contributed by atoms with Gasteiger partial charge in [0.1, 0.15) is 0 Å². The van der Waals surface area contributed by atoms with Crippen molar-refractivity contribution < 1.29 is 5.11 Å². The van der Waals surface area contributed by atoms with Gasteiger partial charge in [-0.2, -0.15) is 0 Å². The summed E-state index contributed by atoms with van der Waals surface area (Å²) < 4.78 is 0. The number of hydrogen-bond acceptors (Lipinski definition) is 1. The van der Waals surface area contributed by atoms with Crippen LogP contribution in [0.1, 0.15) is 185 Å². The lowest BCUT2D eigenvalue weighted by atomic mass is 9.59. The fourth-order valence-corrected chi connectivity index (χ4v) is 12.6. The Morgan fingerprint density at radius 2 is 1.52 bits per heavy atom. The number of hydrogen-bond donors (Lipinski definition) is 1. The molecule has 1 heteroatoms. The second-order valence-electron chi connectivity index (χ2n) is 21.7. The van der Waals surface area contributed by atoms with Crippen LogP contribution in [0.3, 0.4) is 0 Å². The highest BCUT2D eigenvalue weighted by Gasteiger charge is 2.60. The van der Waals surface area contributed by atoms with E-state index in [0.717, 1.165) is 42.6 Å². The second-order valence-corrected chi connectivity index (χ2v) is 21.7. The van der Waals surface area contributed by atoms with Crippen molar-refractivity contribution in [2.24, 2.45) is 81.3 Å². The summed E-state index contributed by atoms with van der Waals surface area (Å²) in [6, 6.07) is 0. The van der Waals surface area contributed by atoms with E-state index in [-0.39, 0.29) is 5.92 Å². The highest BCUT2D eigenvalue weighted by Crippen LogP contribution is 2.67. The summed E-state index contributed by atoms with van der Waals surface area (Å²) in [5, 5.41) is 11.3. The molecule has 1 fully saturated rings. The second kappa shape index (κ2) is 23.3. The van der Waals surface area contributed by atoms with Crippen LogP contribution in [0.4, 0.5) is 0 Å². The standard InChI is InChI=1S/C57H94O/c1-16-20-25-29-42(6)46(10)53(58)40-48-34-35-50-52(39-48)56(13,14)54(57(50,15)36-28-21-17-2)31-27-24-22-23-26-30-44(8)55(11,12)51-38-47(33-32-43(51)7)37-49(19-4)45(9)41(5)18-3/h19,25,32-35,41-44,47-54,58H,1,4,9-10,17-18,21-24,26-31,36-40H2,2-3,5-8,11-15H3/t41?,42?,43-,44?,47-,48?,49?,50?,51?,52-,53-,54-,57?/m1/s1. The fourth-order valence-electron chi connectivity index (χ4n) is 12.6. The molecule has 0 aliphatic heterocycles. The molecule has 3 aliphatic rings. The first-order valence-corrected chi connectivity index (χ1v) is 24.5. The maximum absolute atomic E-state index is 11.3. The van der Waals surface area contributed by atoms with Gasteiger partial charge in [0.2, 0.25) is 0 Å². The Kier molecular flexibility index (Phi) is 20.2. The molecular formula is C57H94O. The first-order valence-electron chi connectivity index (χ1n) is 24.5. The Labute approximate surface area is 361 Å². The smallest absolute Gasteiger partial charge is 0.0755 e. The van der Waals surface area contributed by atoms with E-state index in [1.54, 1.807) is 0 Å². The van der Waals surface area contributed by atoms with E-state index in [4.69, 9.17) is 0 Å². The molecule has 8 unspecified atom stereocenters. The van der Waals surface area contributed by atoms with E-state index in [9.17, 15) is 5.11 Å². The quantitative estimate of drug-likeness (QED) is 0.0525. The van der Waals surface area contributed by atoms with Gasteiger partial charge in [-0.3, -0.25) is 0 Å². The average Bonchev–Trinajstić information content (AvgIpc) is 3.36. The van der Waals surface area contributed by atoms with Crippen molar-refractivity contribution in [1.82, 2.24) is 0 Å². The normalized spacial score (nSPS) is 30.3. The van der Waals surface area contributed by atoms with E-state index in [1.165, 1.54) is 95.5 Å². The summed E-state index contributed by atoms with van der Waals surface area (Å²) in [5.41, 5.74) is 8.95. The van der Waals surface area contributed by atoms with Crippen molar-refractivity contribution in [2.75, 3.05) is 0 Å². The number of fused-ring (bicyclic) bond motifs is 1. The van der Waals surface area contributed by atoms with Crippen molar-refractivity contribution in [3.05, 3.63) is 85.4 Å². The lowest BCUT2D eigenvalue weighted by Crippen LogP contribution is -2.37. The predicted molar refractivity (Wildman–Crippen MR) is 257 cm³/mol. The topological polar surface area (TPSA) is 20.2 Å². The first kappa shape index (κ1) is 50.3. The van der Waals surface area contributed by atoms with Gasteiger partial charge in [-0.15, -0.1) is 6.58 Å². The van der Waals surface area contributed by atoms with Gasteiger partial charge in [-0.05, 0) is 151 Å². The minimum atomic E-state index is -0.464. The van der Waals surface area contributed by atoms with Crippen molar-refractivity contribution in [3.8, 4) is 0 Å². The predicted octanol–water partition coefficient (Wildman–Crippen LogP) is 16.9. The van der Waals surface area contributed by atoms with Crippen LogP contribution in [0, 0.1) is 81.3 Å². The van der Waals surface area contributed by atoms with Crippen LogP contribution >= 0.6 is 0 Å². The molecule has 0 saturated heterocycles. The fraction of sp³-hybridized carbons (Fsp3) is 0.754. The van der Waals surface area contributed by atoms with Crippen LogP contribution in [0.2, 0.25) is 0 Å². The summed E-state index contributed by atoms with van der Waals surface area (Å²) in [6.07, 6.45) is 35.1. The van der Waals surface area contributed by atoms with E-state index in [0.29, 0.717) is 57.7 Å². The third-order valence-electron chi connectivity index (χ3n) is 17.4. The molecule has 0 amide bonds. The molecule has 0 radical (unpaired) electrons. The zero-order chi connectivity index (χ0) is 43.3. The molecule has 13 atom stereocenters. The summed E-state index contributed by atoms with van der Waals surface area (Å²) in [7, 11) is 0. The van der Waals surface area contributed by atoms with E-state index >= 15 is 0 Å². The van der Waals surface area contributed by atoms with Gasteiger partial charge < -0.3 is 5.11 Å². The molecule has 0 aromatic rings. The Morgan fingerprint density at radius 3 is 2.17 bits per heavy atom. The molecule has 58 heavy (non-hydrogen) atoms. The maximum Gasteiger partial charge on any atom is 0.0755 e. The average molecular weight is 795 g/mol. The Balaban J connectivity index is 1.54. The molecule has 3 rings (SSSR count). The molecule has 1 nitrogen and oxygen atoms in total. The SMILES string of the molecule is C=C=C=CCC(C)C(=C)[C@H](O)CC1C=CC2[C@@H](C1)C(C)(C)[C@@H](CCCCCCCC(C)C(C)(C)C1C[C@@H](CC(C=C)C(=C)C(C)CC)C=C[C@H]1C)C2(C)CCCCC. The van der Waals surface area contributed by atoms with Gasteiger partial charge in [0.15, 0.2) is 0 Å². The van der Waals surface area contributed by atoms with Gasteiger partial charge in [-0.1, -0.05) is 195 Å². The van der Waals surface area contributed by atoms with Gasteiger partial charge in [0.05, 0.1) is 6.10 Å². The highest BCUT2D eigenvalue weighted by atomic mass is 16.3. The van der Waals surface area contributed by atoms with E-state index in [1.807, 2.05) is 6.08 Å². The number of rotatable bonds is 26. The lowest BCUT2D eigenvalue weighted by Gasteiger charge is -2.45. The minimum absolute atomic E-state index is 0.221. The van der Waals surface area contributed by atoms with Crippen LogP contribution in [-0.2, 0) is 0 Å². The highest BCUT2D eigenvalue weighted by molar-refractivity contribution is 5.19. The van der Waals surface area contributed by atoms with Gasteiger partial charge >= 0.3 is 0 Å². The molecule has 0 aromatic carbocycles. The van der Waals surface area contributed by atoms with Gasteiger partial charge in [0, 0.05) is 0 Å². The molecule has 1 N–H and O–H groups in total. The molecule has 0 aromatic heterocycles. The number of allylic oxidation sites excluding steroid dienone is 7. The van der Waals surface area contributed by atoms with Crippen LogP contribution in [0.5, 0.6) is 0 Å². The van der Waals surface area contributed by atoms with Crippen LogP contribution in [0.15, 0.2) is 85.4 Å². The van der Waals surface area contributed by atoms with Crippen LogP contribution in [0.25, 0.3) is 0 Å². The molecule has 0 spiro atoms. The molecule has 3 aliphatic carbocycles. The third-order valence-corrected chi connectivity index (χ3v) is 17.4. The van der Waals surface area contributed by atoms with Crippen LogP contribution in [-0.4, -0.2) is 11.2 Å². The summed E-state index contributed by atoms with van der Waals surface area (Å²) >= 11 is 0. The third kappa shape index (κ3) is 12.7. The molecule has 0 heterocycles. The Hall–Kier alpha value is -2.04. The number of unbranched alkanes of at least 4 members (excludes halogenated alkanes) is 6. The van der Waals surface area contributed by atoms with Crippen molar-refractivity contribution >= 4 is 0 Å². The van der Waals surface area contributed by atoms with Crippen molar-refractivity contribution in [2.45, 2.75) is 191 Å². The monoisotopic (exact) mass is 795 g/mol. The largest absolute Gasteiger partial charge is 0.389 e. The molecule has 328 valence electrons. The van der Waals surface area contributed by atoms with Crippen LogP contribution < -0.4 is 0 Å². The van der Waals surface area contributed by atoms with Gasteiger partial charge in [0.25, 0.3) is 0 Å². The Morgan fingerprint density at radius 1 is 0.862 bits per heavy atom. The minimum Gasteiger partial charge on any atom is -0.389 e. The number of aliphatic hydroxyl groups is 1. The molecule has 0 bridgehead atoms. The van der Waals surface area contributed by atoms with E-state index in [2.05, 4.69) is 144 Å². The van der Waals surface area contributed by atoms with E-state index < -0.39 is 6.10 Å². The van der Waals surface area contributed by atoms with Crippen molar-refractivity contribution in [1.29, 1.82) is 0 Å². The zero-order valence-corrected chi connectivity index (χ0v) is 40.2.